The number of aryl methyl sites for hydroxylation is 2. The highest BCUT2D eigenvalue weighted by Crippen LogP contribution is 2.57. The first-order chi connectivity index (χ1) is 27.9. The highest BCUT2D eigenvalue weighted by Gasteiger charge is 2.60. The van der Waals surface area contributed by atoms with Gasteiger partial charge in [0.1, 0.15) is 40.2 Å². The van der Waals surface area contributed by atoms with Gasteiger partial charge in [0.05, 0.1) is 46.7 Å². The van der Waals surface area contributed by atoms with Crippen LogP contribution >= 0.6 is 11.6 Å². The summed E-state index contributed by atoms with van der Waals surface area (Å²) in [5.41, 5.74) is -1.71. The molecule has 306 valence electrons. The highest BCUT2D eigenvalue weighted by atomic mass is 35.5. The molecule has 0 spiro atoms. The smallest absolute Gasteiger partial charge is 0.304 e. The van der Waals surface area contributed by atoms with Gasteiger partial charge in [0.2, 0.25) is 11.8 Å². The number of hydrogen-bond donors (Lipinski definition) is 4. The fourth-order valence-electron chi connectivity index (χ4n) is 7.34. The Labute approximate surface area is 338 Å². The molecule has 0 aliphatic heterocycles. The number of carbonyl (C=O) groups is 2. The number of rotatable bonds is 12. The highest BCUT2D eigenvalue weighted by molar-refractivity contribution is 6.37. The van der Waals surface area contributed by atoms with Gasteiger partial charge < -0.3 is 21.1 Å². The molecule has 5 aromatic rings. The molecule has 59 heavy (non-hydrogen) atoms. The second-order valence-electron chi connectivity index (χ2n) is 14.7. The predicted molar refractivity (Wildman–Crippen MR) is 205 cm³/mol. The molecule has 2 aromatic carbocycles. The minimum atomic E-state index is -3.58. The first kappa shape index (κ1) is 41.3. The van der Waals surface area contributed by atoms with Gasteiger partial charge in [-0.1, -0.05) is 35.4 Å². The van der Waals surface area contributed by atoms with Crippen LogP contribution in [0.25, 0.3) is 22.0 Å². The van der Waals surface area contributed by atoms with Crippen LogP contribution in [0, 0.1) is 41.2 Å². The lowest BCUT2D eigenvalue weighted by Gasteiger charge is -2.24. The zero-order chi connectivity index (χ0) is 42.6. The molecule has 0 saturated carbocycles. The van der Waals surface area contributed by atoms with Crippen LogP contribution in [0.15, 0.2) is 42.5 Å². The number of aromatic nitrogens is 5. The number of hydrogen-bond acceptors (Lipinski definition) is 7. The van der Waals surface area contributed by atoms with Crippen molar-refractivity contribution >= 4 is 40.1 Å². The van der Waals surface area contributed by atoms with Crippen molar-refractivity contribution in [3.8, 4) is 34.8 Å². The van der Waals surface area contributed by atoms with Crippen molar-refractivity contribution in [2.75, 3.05) is 18.9 Å². The van der Waals surface area contributed by atoms with Crippen molar-refractivity contribution in [1.82, 2.24) is 35.2 Å². The fourth-order valence-corrected chi connectivity index (χ4v) is 7.58. The van der Waals surface area contributed by atoms with Crippen LogP contribution in [0.5, 0.6) is 0 Å². The van der Waals surface area contributed by atoms with Crippen molar-refractivity contribution in [3.63, 3.8) is 0 Å². The van der Waals surface area contributed by atoms with Gasteiger partial charge in [0.15, 0.2) is 5.82 Å². The van der Waals surface area contributed by atoms with Crippen molar-refractivity contribution in [1.29, 1.82) is 0 Å². The molecule has 0 radical (unpaired) electrons. The molecule has 18 heteroatoms. The summed E-state index contributed by atoms with van der Waals surface area (Å²) in [7, 11) is 3.22. The van der Waals surface area contributed by atoms with Gasteiger partial charge in [0, 0.05) is 36.2 Å². The summed E-state index contributed by atoms with van der Waals surface area (Å²) >= 11 is 6.68. The van der Waals surface area contributed by atoms with E-state index in [-0.39, 0.29) is 46.3 Å². The lowest BCUT2D eigenvalue weighted by molar-refractivity contribution is -0.122. The molecule has 0 bridgehead atoms. The molecule has 2 aliphatic rings. The van der Waals surface area contributed by atoms with Gasteiger partial charge in [-0.2, -0.15) is 19.0 Å². The molecule has 2 amide bonds. The molecule has 7 rings (SSSR count). The number of nitrogens with one attached hydrogen (secondary N) is 3. The maximum absolute atomic E-state index is 15.4. The Kier molecular flexibility index (Phi) is 11.0. The molecular weight excluding hydrogens is 802 g/mol. The van der Waals surface area contributed by atoms with E-state index in [1.807, 2.05) is 0 Å². The van der Waals surface area contributed by atoms with Crippen LogP contribution < -0.4 is 16.0 Å². The third-order valence-electron chi connectivity index (χ3n) is 9.79. The quantitative estimate of drug-likeness (QED) is 0.0856. The van der Waals surface area contributed by atoms with Gasteiger partial charge in [-0.05, 0) is 69.1 Å². The average molecular weight is 837 g/mol. The molecule has 3 atom stereocenters. The maximum Gasteiger partial charge on any atom is 0.304 e. The van der Waals surface area contributed by atoms with Crippen LogP contribution in [-0.2, 0) is 35.5 Å². The molecule has 2 aliphatic carbocycles. The Morgan fingerprint density at radius 3 is 2.39 bits per heavy atom. The third kappa shape index (κ3) is 8.10. The molecule has 4 N–H and O–H groups in total. The number of carbonyl (C=O) groups excluding carboxylic acids is 2. The molecule has 3 heterocycles. The van der Waals surface area contributed by atoms with E-state index in [1.54, 1.807) is 38.4 Å². The second-order valence-corrected chi connectivity index (χ2v) is 15.1. The fraction of sp³-hybridized carbons (Fsp3) is 0.341. The van der Waals surface area contributed by atoms with E-state index in [1.165, 1.54) is 18.5 Å². The monoisotopic (exact) mass is 836 g/mol. The Bertz CT molecular complexity index is 2630. The number of likely N-dealkylation sites (N-methyl/N-ethyl adjacent to an activating group) is 1. The molecule has 0 unspecified atom stereocenters. The third-order valence-corrected chi connectivity index (χ3v) is 10.1. The Morgan fingerprint density at radius 2 is 1.75 bits per heavy atom. The van der Waals surface area contributed by atoms with Gasteiger partial charge in [-0.3, -0.25) is 19.0 Å². The summed E-state index contributed by atoms with van der Waals surface area (Å²) in [4.78, 5) is 31.3. The van der Waals surface area contributed by atoms with E-state index >= 15 is 8.78 Å². The first-order valence-electron chi connectivity index (χ1n) is 18.2. The summed E-state index contributed by atoms with van der Waals surface area (Å²) in [6, 6.07) is 8.02. The average Bonchev–Trinajstić information content (AvgIpc) is 3.71. The van der Waals surface area contributed by atoms with Gasteiger partial charge in [-0.25, -0.2) is 22.5 Å². The second kappa shape index (κ2) is 15.7. The zero-order valence-electron chi connectivity index (χ0n) is 31.8. The van der Waals surface area contributed by atoms with E-state index < -0.39 is 83.6 Å². The van der Waals surface area contributed by atoms with Gasteiger partial charge in [0.25, 0.3) is 6.43 Å². The SMILES string of the molecule is CNCC(=O)Nc1nn(C)c2c(-c3ccc(C#CC(C)(C)O)nc3[C@H](Cc3cc(F)cc(F)c3)NC(=O)CCn3nc(C(F)F)c4c3C(F)(F)[C@@H]3C#C[C@H]43)ccc(Cl)c12. The Hall–Kier alpha value is -5.88. The summed E-state index contributed by atoms with van der Waals surface area (Å²) in [5, 5.41) is 27.5. The number of amides is 2. The van der Waals surface area contributed by atoms with Crippen LogP contribution in [0.3, 0.4) is 0 Å². The topological polar surface area (TPSA) is 139 Å². The lowest BCUT2D eigenvalue weighted by atomic mass is 9.84. The molecule has 3 aromatic heterocycles. The Morgan fingerprint density at radius 1 is 1.03 bits per heavy atom. The normalized spacial score (nSPS) is 16.7. The predicted octanol–water partition coefficient (Wildman–Crippen LogP) is 6.29. The minimum Gasteiger partial charge on any atom is -0.378 e. The van der Waals surface area contributed by atoms with Crippen molar-refractivity contribution in [3.05, 3.63) is 93.0 Å². The van der Waals surface area contributed by atoms with E-state index in [0.717, 1.165) is 12.1 Å². The molecule has 0 fully saturated rings. The zero-order valence-corrected chi connectivity index (χ0v) is 32.6. The number of alkyl halides is 4. The molecular formula is C41H35ClF6N8O3. The van der Waals surface area contributed by atoms with Crippen LogP contribution in [0.1, 0.15) is 72.6 Å². The number of benzene rings is 2. The molecule has 11 nitrogen and oxygen atoms in total. The number of fused-ring (bicyclic) bond motifs is 4. The largest absolute Gasteiger partial charge is 0.378 e. The summed E-state index contributed by atoms with van der Waals surface area (Å²) in [5.74, 6) is 1.40. The van der Waals surface area contributed by atoms with E-state index in [0.29, 0.717) is 32.8 Å². The molecule has 0 saturated heterocycles. The van der Waals surface area contributed by atoms with Gasteiger partial charge in [-0.15, -0.1) is 0 Å². The summed E-state index contributed by atoms with van der Waals surface area (Å²) < 4.78 is 90.3. The standard InChI is InChI=1S/C41H35ClF6N8O3/c1-40(2,59)13-11-23-5-6-24(25-8-10-28(42)33-36(25)55(4)54-39(33)52-31(58)19-49-3)34(50-23)29(17-20-15-21(43)18-22(44)16-20)51-30(57)12-14-56-37-32(35(53-56)38(45)46)26-7-9-27(26)41(37,47)48/h5-6,8,10,15-16,18,26-27,29,38,49,59H,12,14,17,19H2,1-4H3,(H,51,57)(H,52,54,58)/t26-,27+,29-/m0/s1. The number of aliphatic hydroxyl groups is 1. The minimum absolute atomic E-state index is 0.0211. The van der Waals surface area contributed by atoms with Gasteiger partial charge >= 0.3 is 5.92 Å². The van der Waals surface area contributed by atoms with Crippen LogP contribution in [0.4, 0.5) is 32.2 Å². The number of pyridine rings is 1. The van der Waals surface area contributed by atoms with Crippen molar-refractivity contribution < 1.29 is 41.0 Å². The van der Waals surface area contributed by atoms with E-state index in [9.17, 15) is 32.3 Å². The Balaban J connectivity index is 1.32. The summed E-state index contributed by atoms with van der Waals surface area (Å²) in [6.45, 7) is 2.38. The first-order valence-corrected chi connectivity index (χ1v) is 18.6. The number of anilines is 1. The maximum atomic E-state index is 15.4. The summed E-state index contributed by atoms with van der Waals surface area (Å²) in [6.07, 6.45) is -3.96. The van der Waals surface area contributed by atoms with Crippen molar-refractivity contribution in [2.45, 2.75) is 63.1 Å². The van der Waals surface area contributed by atoms with Crippen LogP contribution in [0.2, 0.25) is 5.02 Å². The lowest BCUT2D eigenvalue weighted by Crippen LogP contribution is -2.33. The van der Waals surface area contributed by atoms with Crippen LogP contribution in [-0.4, -0.2) is 60.7 Å². The number of halogens is 7. The van der Waals surface area contributed by atoms with E-state index in [4.69, 9.17) is 16.6 Å². The number of nitrogens with zero attached hydrogens (tertiary/aromatic N) is 5. The van der Waals surface area contributed by atoms with Crippen molar-refractivity contribution in [2.24, 2.45) is 13.0 Å². The van der Waals surface area contributed by atoms with E-state index in [2.05, 4.69) is 49.8 Å².